The monoisotopic (exact) mass is 212 g/mol. The normalized spacial score (nSPS) is 20.3. The number of carbonyl (C=O) groups excluding carboxylic acids is 2. The molecule has 0 saturated carbocycles. The number of urea groups is 1. The van der Waals surface area contributed by atoms with Crippen molar-refractivity contribution in [1.29, 1.82) is 0 Å². The molecule has 1 atom stereocenters. The average molecular weight is 212 g/mol. The number of ether oxygens (including phenoxy) is 1. The highest BCUT2D eigenvalue weighted by Crippen LogP contribution is 2.30. The highest BCUT2D eigenvalue weighted by atomic mass is 16.5. The third-order valence-electron chi connectivity index (χ3n) is 2.42. The molecule has 1 aliphatic rings. The van der Waals surface area contributed by atoms with Crippen LogP contribution in [0.15, 0.2) is 11.3 Å². The average Bonchev–Trinajstić information content (AvgIpc) is 2.48. The molecule has 15 heavy (non-hydrogen) atoms. The molecule has 0 fully saturated rings. The quantitative estimate of drug-likeness (QED) is 0.682. The molecule has 3 N–H and O–H groups in total. The van der Waals surface area contributed by atoms with Gasteiger partial charge >= 0.3 is 12.0 Å². The van der Waals surface area contributed by atoms with E-state index in [1.807, 2.05) is 6.92 Å². The number of primary amides is 1. The highest BCUT2D eigenvalue weighted by molar-refractivity contribution is 5.91. The Kier molecular flexibility index (Phi) is 3.71. The molecule has 1 unspecified atom stereocenters. The largest absolute Gasteiger partial charge is 0.463 e. The van der Waals surface area contributed by atoms with E-state index < -0.39 is 6.03 Å². The first kappa shape index (κ1) is 11.6. The predicted octanol–water partition coefficient (Wildman–Crippen LogP) is 0.902. The molecule has 84 valence electrons. The molecule has 0 radical (unpaired) electrons. The summed E-state index contributed by atoms with van der Waals surface area (Å²) >= 11 is 0. The molecule has 5 nitrogen and oxygen atoms in total. The Hall–Kier alpha value is -1.52. The number of carbonyl (C=O) groups is 2. The molecule has 0 aromatic rings. The first-order valence-corrected chi connectivity index (χ1v) is 5.02. The number of nitrogens with two attached hydrogens (primary N) is 1. The predicted molar refractivity (Wildman–Crippen MR) is 54.8 cm³/mol. The van der Waals surface area contributed by atoms with Crippen molar-refractivity contribution in [2.24, 2.45) is 11.7 Å². The topological polar surface area (TPSA) is 81.4 Å². The zero-order chi connectivity index (χ0) is 11.4. The smallest absolute Gasteiger partial charge is 0.335 e. The van der Waals surface area contributed by atoms with Crippen LogP contribution >= 0.6 is 0 Å². The summed E-state index contributed by atoms with van der Waals surface area (Å²) in [4.78, 5) is 22.3. The summed E-state index contributed by atoms with van der Waals surface area (Å²) in [5.41, 5.74) is 6.19. The zero-order valence-corrected chi connectivity index (χ0v) is 9.00. The summed E-state index contributed by atoms with van der Waals surface area (Å²) in [6, 6.07) is -0.638. The second kappa shape index (κ2) is 4.82. The van der Waals surface area contributed by atoms with Crippen LogP contribution in [0.3, 0.4) is 0 Å². The van der Waals surface area contributed by atoms with Gasteiger partial charge in [0.25, 0.3) is 0 Å². The molecule has 5 heteroatoms. The molecule has 0 aromatic heterocycles. The van der Waals surface area contributed by atoms with Crippen molar-refractivity contribution in [3.8, 4) is 0 Å². The van der Waals surface area contributed by atoms with Crippen LogP contribution in [0, 0.1) is 5.92 Å². The molecular weight excluding hydrogens is 196 g/mol. The van der Waals surface area contributed by atoms with Gasteiger partial charge in [-0.1, -0.05) is 6.92 Å². The minimum Gasteiger partial charge on any atom is -0.463 e. The summed E-state index contributed by atoms with van der Waals surface area (Å²) < 4.78 is 4.90. The van der Waals surface area contributed by atoms with Gasteiger partial charge in [-0.3, -0.25) is 0 Å². The first-order chi connectivity index (χ1) is 7.06. The second-order valence-electron chi connectivity index (χ2n) is 3.54. The van der Waals surface area contributed by atoms with E-state index in [0.717, 1.165) is 6.42 Å². The van der Waals surface area contributed by atoms with Gasteiger partial charge < -0.3 is 15.8 Å². The number of rotatable bonds is 3. The lowest BCUT2D eigenvalue weighted by molar-refractivity contribution is -0.138. The van der Waals surface area contributed by atoms with E-state index in [4.69, 9.17) is 10.5 Å². The summed E-state index contributed by atoms with van der Waals surface area (Å²) in [6.45, 7) is 4.02. The lowest BCUT2D eigenvalue weighted by atomic mass is 10.1. The van der Waals surface area contributed by atoms with Crippen LogP contribution in [-0.4, -0.2) is 18.6 Å². The fraction of sp³-hybridized carbons (Fsp3) is 0.600. The van der Waals surface area contributed by atoms with Crippen molar-refractivity contribution in [2.45, 2.75) is 26.7 Å². The van der Waals surface area contributed by atoms with E-state index in [2.05, 4.69) is 5.32 Å². The van der Waals surface area contributed by atoms with Gasteiger partial charge in [-0.05, 0) is 25.7 Å². The molecule has 0 saturated heterocycles. The Balaban J connectivity index is 2.84. The Morgan fingerprint density at radius 3 is 2.80 bits per heavy atom. The van der Waals surface area contributed by atoms with Crippen molar-refractivity contribution >= 4 is 12.0 Å². The van der Waals surface area contributed by atoms with Gasteiger partial charge in [-0.2, -0.15) is 0 Å². The molecule has 0 spiro atoms. The summed E-state index contributed by atoms with van der Waals surface area (Å²) in [5.74, 6) is -0.206. The van der Waals surface area contributed by atoms with Crippen LogP contribution in [0.1, 0.15) is 26.7 Å². The number of allylic oxidation sites excluding steroid dienone is 1. The Morgan fingerprint density at radius 2 is 2.27 bits per heavy atom. The van der Waals surface area contributed by atoms with E-state index >= 15 is 0 Å². The van der Waals surface area contributed by atoms with Crippen molar-refractivity contribution < 1.29 is 14.3 Å². The van der Waals surface area contributed by atoms with Gasteiger partial charge in [0.1, 0.15) is 0 Å². The molecular formula is C10H16N2O3. The van der Waals surface area contributed by atoms with E-state index in [0.29, 0.717) is 24.3 Å². The van der Waals surface area contributed by atoms with Crippen LogP contribution in [0.5, 0.6) is 0 Å². The van der Waals surface area contributed by atoms with Crippen molar-refractivity contribution in [3.05, 3.63) is 11.3 Å². The summed E-state index contributed by atoms with van der Waals surface area (Å²) in [6.07, 6.45) is 1.47. The maximum atomic E-state index is 11.5. The fourth-order valence-corrected chi connectivity index (χ4v) is 1.70. The van der Waals surface area contributed by atoms with Crippen LogP contribution in [0.25, 0.3) is 0 Å². The molecule has 0 heterocycles. The van der Waals surface area contributed by atoms with Gasteiger partial charge in [0.15, 0.2) is 0 Å². The second-order valence-corrected chi connectivity index (χ2v) is 3.54. The van der Waals surface area contributed by atoms with E-state index in [1.165, 1.54) is 0 Å². The van der Waals surface area contributed by atoms with Crippen LogP contribution in [0.4, 0.5) is 4.79 Å². The first-order valence-electron chi connectivity index (χ1n) is 5.02. The molecule has 2 amide bonds. The fourth-order valence-electron chi connectivity index (χ4n) is 1.70. The van der Waals surface area contributed by atoms with Crippen LogP contribution < -0.4 is 11.1 Å². The maximum absolute atomic E-state index is 11.5. The van der Waals surface area contributed by atoms with E-state index in [9.17, 15) is 9.59 Å². The Labute approximate surface area is 88.7 Å². The molecule has 0 bridgehead atoms. The number of amides is 2. The number of hydrogen-bond acceptors (Lipinski definition) is 3. The molecule has 0 aromatic carbocycles. The third-order valence-corrected chi connectivity index (χ3v) is 2.42. The molecule has 0 aliphatic heterocycles. The third kappa shape index (κ3) is 2.71. The standard InChI is InChI=1S/C10H16N2O3/c1-3-15-9(13)7-5-4-6(2)8(7)12-10(11)14/h6H,3-5H2,1-2H3,(H3,11,12,14). The van der Waals surface area contributed by atoms with Gasteiger partial charge in [-0.25, -0.2) is 9.59 Å². The zero-order valence-electron chi connectivity index (χ0n) is 9.00. The molecule has 1 rings (SSSR count). The summed E-state index contributed by atoms with van der Waals surface area (Å²) in [5, 5.41) is 2.50. The summed E-state index contributed by atoms with van der Waals surface area (Å²) in [7, 11) is 0. The number of nitrogens with one attached hydrogen (secondary N) is 1. The number of esters is 1. The van der Waals surface area contributed by atoms with Crippen LogP contribution in [-0.2, 0) is 9.53 Å². The lowest BCUT2D eigenvalue weighted by Crippen LogP contribution is -2.31. The van der Waals surface area contributed by atoms with E-state index in [1.54, 1.807) is 6.92 Å². The maximum Gasteiger partial charge on any atom is 0.335 e. The Morgan fingerprint density at radius 1 is 1.60 bits per heavy atom. The minimum absolute atomic E-state index is 0.150. The van der Waals surface area contributed by atoms with Gasteiger partial charge in [0.05, 0.1) is 12.2 Å². The lowest BCUT2D eigenvalue weighted by Gasteiger charge is -2.10. The Bertz CT molecular complexity index is 310. The number of hydrogen-bond donors (Lipinski definition) is 2. The van der Waals surface area contributed by atoms with Crippen molar-refractivity contribution in [3.63, 3.8) is 0 Å². The van der Waals surface area contributed by atoms with Gasteiger partial charge in [-0.15, -0.1) is 0 Å². The van der Waals surface area contributed by atoms with Crippen molar-refractivity contribution in [2.75, 3.05) is 6.61 Å². The van der Waals surface area contributed by atoms with E-state index in [-0.39, 0.29) is 11.9 Å². The minimum atomic E-state index is -0.638. The van der Waals surface area contributed by atoms with Crippen molar-refractivity contribution in [1.82, 2.24) is 5.32 Å². The SMILES string of the molecule is CCOC(=O)C1=C(NC(N)=O)C(C)CC1. The van der Waals surface area contributed by atoms with Gasteiger partial charge in [0.2, 0.25) is 0 Å². The highest BCUT2D eigenvalue weighted by Gasteiger charge is 2.28. The van der Waals surface area contributed by atoms with Gasteiger partial charge in [0, 0.05) is 5.70 Å². The molecule has 1 aliphatic carbocycles. The van der Waals surface area contributed by atoms with Crippen LogP contribution in [0.2, 0.25) is 0 Å².